The predicted octanol–water partition coefficient (Wildman–Crippen LogP) is 4.59. The number of halogens is 1. The van der Waals surface area contributed by atoms with Crippen LogP contribution in [0.15, 0.2) is 54.6 Å². The van der Waals surface area contributed by atoms with Gasteiger partial charge >= 0.3 is 0 Å². The van der Waals surface area contributed by atoms with Crippen LogP contribution in [0.25, 0.3) is 0 Å². The molecule has 3 N–H and O–H groups in total. The second-order valence-corrected chi connectivity index (χ2v) is 5.60. The molecule has 0 radical (unpaired) electrons. The minimum atomic E-state index is -0.296. The fourth-order valence-corrected chi connectivity index (χ4v) is 2.39. The summed E-state index contributed by atoms with van der Waals surface area (Å²) in [5.41, 5.74) is 1.83. The lowest BCUT2D eigenvalue weighted by Gasteiger charge is -2.15. The van der Waals surface area contributed by atoms with E-state index in [1.165, 1.54) is 12.1 Å². The summed E-state index contributed by atoms with van der Waals surface area (Å²) >= 11 is 5.11. The number of nitrogens with zero attached hydrogens (tertiary/aromatic N) is 2. The Balaban J connectivity index is 1.78. The van der Waals surface area contributed by atoms with E-state index in [2.05, 4.69) is 25.6 Å². The maximum atomic E-state index is 13.0. The van der Waals surface area contributed by atoms with E-state index in [1.807, 2.05) is 37.3 Å². The maximum Gasteiger partial charge on any atom is 0.225 e. The van der Waals surface area contributed by atoms with Crippen LogP contribution >= 0.6 is 12.2 Å². The summed E-state index contributed by atoms with van der Waals surface area (Å²) < 4.78 is 13.2. The molecule has 122 valence electrons. The first-order valence-electron chi connectivity index (χ1n) is 7.42. The van der Waals surface area contributed by atoms with Crippen LogP contribution in [0.2, 0.25) is 0 Å². The van der Waals surface area contributed by atoms with Crippen LogP contribution in [0.5, 0.6) is 0 Å². The van der Waals surface area contributed by atoms with E-state index in [-0.39, 0.29) is 16.6 Å². The fourth-order valence-electron chi connectivity index (χ4n) is 2.21. The highest BCUT2D eigenvalue weighted by Crippen LogP contribution is 2.18. The molecule has 1 atom stereocenters. The van der Waals surface area contributed by atoms with E-state index < -0.39 is 0 Å². The van der Waals surface area contributed by atoms with Crippen molar-refractivity contribution in [2.24, 2.45) is 0 Å². The van der Waals surface area contributed by atoms with E-state index in [1.54, 1.807) is 12.1 Å². The second kappa shape index (κ2) is 7.18. The summed E-state index contributed by atoms with van der Waals surface area (Å²) in [6, 6.07) is 16.0. The number of rotatable bonds is 5. The zero-order valence-electron chi connectivity index (χ0n) is 13.0. The summed E-state index contributed by atoms with van der Waals surface area (Å²) in [5, 5.41) is 6.31. The molecule has 0 aliphatic rings. The Hall–Kier alpha value is -2.80. The number of anilines is 3. The van der Waals surface area contributed by atoms with Gasteiger partial charge in [-0.3, -0.25) is 4.98 Å². The quantitative estimate of drug-likeness (QED) is 0.592. The van der Waals surface area contributed by atoms with Crippen molar-refractivity contribution in [3.63, 3.8) is 0 Å². The van der Waals surface area contributed by atoms with E-state index in [0.29, 0.717) is 17.6 Å². The molecule has 1 aromatic heterocycles. The zero-order valence-corrected chi connectivity index (χ0v) is 13.8. The maximum absolute atomic E-state index is 13.0. The first-order chi connectivity index (χ1) is 11.6. The number of nitrogens with one attached hydrogen (secondary N) is 3. The molecule has 0 bridgehead atoms. The Kier molecular flexibility index (Phi) is 4.81. The van der Waals surface area contributed by atoms with Crippen LogP contribution < -0.4 is 10.6 Å². The zero-order chi connectivity index (χ0) is 16.9. The molecule has 0 amide bonds. The van der Waals surface area contributed by atoms with Crippen molar-refractivity contribution < 1.29 is 4.39 Å². The molecule has 7 heteroatoms. The van der Waals surface area contributed by atoms with Gasteiger partial charge in [-0.15, -0.1) is 0 Å². The van der Waals surface area contributed by atoms with Gasteiger partial charge in [0.15, 0.2) is 0 Å². The highest BCUT2D eigenvalue weighted by molar-refractivity contribution is 7.71. The van der Waals surface area contributed by atoms with Crippen molar-refractivity contribution in [3.05, 3.63) is 70.7 Å². The first kappa shape index (κ1) is 16.1. The molecule has 0 spiro atoms. The van der Waals surface area contributed by atoms with Gasteiger partial charge in [0.05, 0.1) is 6.04 Å². The second-order valence-electron chi connectivity index (χ2n) is 5.24. The number of H-pyrrole nitrogens is 1. The Morgan fingerprint density at radius 2 is 1.67 bits per heavy atom. The van der Waals surface area contributed by atoms with Crippen LogP contribution in [0, 0.1) is 10.6 Å². The van der Waals surface area contributed by atoms with Gasteiger partial charge in [0, 0.05) is 5.69 Å². The van der Waals surface area contributed by atoms with Crippen LogP contribution in [0.3, 0.4) is 0 Å². The molecule has 0 saturated heterocycles. The third-order valence-electron chi connectivity index (χ3n) is 3.41. The van der Waals surface area contributed by atoms with Gasteiger partial charge in [-0.1, -0.05) is 30.3 Å². The molecule has 0 aliphatic heterocycles. The van der Waals surface area contributed by atoms with Crippen molar-refractivity contribution in [2.75, 3.05) is 10.6 Å². The third kappa shape index (κ3) is 4.14. The van der Waals surface area contributed by atoms with Crippen LogP contribution in [-0.4, -0.2) is 15.0 Å². The van der Waals surface area contributed by atoms with Gasteiger partial charge in [-0.05, 0) is 49.0 Å². The predicted molar refractivity (Wildman–Crippen MR) is 95.4 cm³/mol. The molecule has 0 saturated carbocycles. The highest BCUT2D eigenvalue weighted by atomic mass is 32.1. The average molecular weight is 341 g/mol. The van der Waals surface area contributed by atoms with Crippen molar-refractivity contribution in [1.82, 2.24) is 15.0 Å². The third-order valence-corrected chi connectivity index (χ3v) is 3.59. The fraction of sp³-hybridized carbons (Fsp3) is 0.118. The number of aromatic nitrogens is 3. The molecule has 5 nitrogen and oxygen atoms in total. The van der Waals surface area contributed by atoms with E-state index in [4.69, 9.17) is 12.2 Å². The topological polar surface area (TPSA) is 65.6 Å². The minimum absolute atomic E-state index is 0.0467. The van der Waals surface area contributed by atoms with Gasteiger partial charge in [0.25, 0.3) is 0 Å². The Labute approximate surface area is 144 Å². The number of aromatic amines is 1. The van der Waals surface area contributed by atoms with Crippen LogP contribution in [0.1, 0.15) is 18.5 Å². The van der Waals surface area contributed by atoms with Gasteiger partial charge < -0.3 is 10.6 Å². The summed E-state index contributed by atoms with van der Waals surface area (Å²) in [5.74, 6) is 0.649. The summed E-state index contributed by atoms with van der Waals surface area (Å²) in [6.07, 6.45) is 0. The molecule has 3 aromatic rings. The number of benzene rings is 2. The smallest absolute Gasteiger partial charge is 0.225 e. The summed E-state index contributed by atoms with van der Waals surface area (Å²) in [4.78, 5) is 11.4. The largest absolute Gasteiger partial charge is 0.349 e. The lowest BCUT2D eigenvalue weighted by Crippen LogP contribution is -2.11. The van der Waals surface area contributed by atoms with E-state index >= 15 is 0 Å². The van der Waals surface area contributed by atoms with Crippen molar-refractivity contribution in [3.8, 4) is 0 Å². The Morgan fingerprint density at radius 1 is 1.00 bits per heavy atom. The van der Waals surface area contributed by atoms with E-state index in [9.17, 15) is 4.39 Å². The molecular weight excluding hydrogens is 325 g/mol. The molecule has 24 heavy (non-hydrogen) atoms. The van der Waals surface area contributed by atoms with E-state index in [0.717, 1.165) is 5.56 Å². The van der Waals surface area contributed by atoms with Crippen LogP contribution in [0.4, 0.5) is 22.0 Å². The van der Waals surface area contributed by atoms with Gasteiger partial charge in [-0.25, -0.2) is 4.39 Å². The minimum Gasteiger partial charge on any atom is -0.349 e. The molecule has 2 aromatic carbocycles. The summed E-state index contributed by atoms with van der Waals surface area (Å²) in [7, 11) is 0. The van der Waals surface area contributed by atoms with Crippen LogP contribution in [-0.2, 0) is 0 Å². The molecule has 0 fully saturated rings. The lowest BCUT2D eigenvalue weighted by molar-refractivity contribution is 0.628. The first-order valence-corrected chi connectivity index (χ1v) is 7.83. The lowest BCUT2D eigenvalue weighted by atomic mass is 10.1. The Bertz CT molecular complexity index is 864. The molecule has 1 heterocycles. The number of hydrogen-bond donors (Lipinski definition) is 3. The monoisotopic (exact) mass is 341 g/mol. The van der Waals surface area contributed by atoms with Gasteiger partial charge in [-0.2, -0.15) is 9.97 Å². The summed E-state index contributed by atoms with van der Waals surface area (Å²) in [6.45, 7) is 2.03. The average Bonchev–Trinajstić information content (AvgIpc) is 2.57. The molecular formula is C17H16FN5S. The van der Waals surface area contributed by atoms with Gasteiger partial charge in [0.2, 0.25) is 16.7 Å². The molecule has 3 rings (SSSR count). The Morgan fingerprint density at radius 3 is 2.38 bits per heavy atom. The van der Waals surface area contributed by atoms with Crippen molar-refractivity contribution in [2.45, 2.75) is 13.0 Å². The standard InChI is InChI=1S/C17H16FN5S/c1-11(12-5-3-2-4-6-12)19-15-21-16(23-17(24)22-15)20-14-9-7-13(18)8-10-14/h2-11H,1H3,(H3,19,20,21,22,23,24)/t11-/m0/s1. The number of hydrogen-bond acceptors (Lipinski definition) is 5. The SMILES string of the molecule is C[C@H](Nc1nc(=S)nc(Nc2ccc(F)cc2)[nH]1)c1ccccc1. The molecule has 0 unspecified atom stereocenters. The van der Waals surface area contributed by atoms with Gasteiger partial charge in [0.1, 0.15) is 5.82 Å². The van der Waals surface area contributed by atoms with Crippen molar-refractivity contribution in [1.29, 1.82) is 0 Å². The highest BCUT2D eigenvalue weighted by Gasteiger charge is 2.07. The molecule has 0 aliphatic carbocycles. The van der Waals surface area contributed by atoms with Crippen molar-refractivity contribution >= 4 is 29.8 Å². The normalized spacial score (nSPS) is 11.8.